The summed E-state index contributed by atoms with van der Waals surface area (Å²) in [5.74, 6) is -2.29. The molecule has 4 rings (SSSR count). The Morgan fingerprint density at radius 1 is 1.13 bits per heavy atom. The summed E-state index contributed by atoms with van der Waals surface area (Å²) in [7, 11) is 1.52. The van der Waals surface area contributed by atoms with Crippen molar-refractivity contribution in [1.82, 2.24) is 15.5 Å². The van der Waals surface area contributed by atoms with Crippen LogP contribution < -0.4 is 10.6 Å². The summed E-state index contributed by atoms with van der Waals surface area (Å²) in [6, 6.07) is 4.20. The number of benzene rings is 1. The monoisotopic (exact) mass is 658 g/mol. The van der Waals surface area contributed by atoms with E-state index in [2.05, 4.69) is 15.8 Å². The highest BCUT2D eigenvalue weighted by Crippen LogP contribution is 2.40. The lowest BCUT2D eigenvalue weighted by atomic mass is 9.85. The highest BCUT2D eigenvalue weighted by Gasteiger charge is 2.56. The number of nitrogens with zero attached hydrogens (tertiary/aromatic N) is 2. The molecule has 1 saturated carbocycles. The first-order valence-corrected chi connectivity index (χ1v) is 16.4. The molecule has 4 atom stereocenters. The van der Waals surface area contributed by atoms with Crippen molar-refractivity contribution in [2.45, 2.75) is 116 Å². The number of oxime groups is 1. The molecule has 0 aromatic heterocycles. The standard InChI is InChI=1S/C34H47ClN4O7/c1-8-26(40)28(42)23(14-20-12-13-20)36-30(43)25-17-34(16-24(38-46-34)21-10-9-11-22(35)15-21)19-39(25)31(44)29(32(2,3)4)37-27(41)18-33(5,6)45-7/h9-11,15,20,23,25,29H,8,12-14,16-19H2,1-7H3,(H,36,43)(H,37,41)/t23-,25-,29+,34+/m0/s1. The van der Waals surface area contributed by atoms with Crippen LogP contribution in [0.25, 0.3) is 0 Å². The molecule has 1 aliphatic carbocycles. The van der Waals surface area contributed by atoms with E-state index in [1.807, 2.05) is 32.9 Å². The van der Waals surface area contributed by atoms with Gasteiger partial charge in [0.05, 0.1) is 30.3 Å². The number of carbonyl (C=O) groups excluding carboxylic acids is 5. The van der Waals surface area contributed by atoms with Gasteiger partial charge < -0.3 is 25.1 Å². The van der Waals surface area contributed by atoms with Gasteiger partial charge in [-0.1, -0.05) is 69.4 Å². The molecule has 0 radical (unpaired) electrons. The van der Waals surface area contributed by atoms with E-state index in [4.69, 9.17) is 21.2 Å². The maximum absolute atomic E-state index is 14.4. The molecule has 1 aromatic rings. The minimum Gasteiger partial charge on any atom is -0.387 e. The maximum Gasteiger partial charge on any atom is 0.246 e. The molecule has 2 N–H and O–H groups in total. The molecular formula is C34H47ClN4O7. The topological polar surface area (TPSA) is 143 Å². The number of likely N-dealkylation sites (tertiary alicyclic amines) is 1. The fraction of sp³-hybridized carbons (Fsp3) is 0.647. The van der Waals surface area contributed by atoms with Crippen molar-refractivity contribution in [1.29, 1.82) is 0 Å². The van der Waals surface area contributed by atoms with Crippen molar-refractivity contribution in [3.63, 3.8) is 0 Å². The van der Waals surface area contributed by atoms with Crippen LogP contribution in [0.2, 0.25) is 5.02 Å². The smallest absolute Gasteiger partial charge is 0.246 e. The first-order valence-electron chi connectivity index (χ1n) is 16.0. The number of halogens is 1. The molecule has 0 unspecified atom stereocenters. The van der Waals surface area contributed by atoms with E-state index in [0.717, 1.165) is 18.4 Å². The molecule has 252 valence electrons. The lowest BCUT2D eigenvalue weighted by Crippen LogP contribution is -2.59. The van der Waals surface area contributed by atoms with Crippen LogP contribution in [0, 0.1) is 11.3 Å². The Morgan fingerprint density at radius 3 is 2.41 bits per heavy atom. The summed E-state index contributed by atoms with van der Waals surface area (Å²) < 4.78 is 5.42. The number of ether oxygens (including phenoxy) is 1. The number of hydrogen-bond donors (Lipinski definition) is 2. The molecule has 2 heterocycles. The van der Waals surface area contributed by atoms with Crippen LogP contribution in [0.4, 0.5) is 0 Å². The van der Waals surface area contributed by atoms with E-state index in [1.54, 1.807) is 32.9 Å². The van der Waals surface area contributed by atoms with E-state index in [-0.39, 0.29) is 37.6 Å². The molecule has 11 nitrogen and oxygen atoms in total. The number of methoxy groups -OCH3 is 1. The Bertz CT molecular complexity index is 1400. The van der Waals surface area contributed by atoms with E-state index >= 15 is 0 Å². The summed E-state index contributed by atoms with van der Waals surface area (Å²) in [4.78, 5) is 74.5. The van der Waals surface area contributed by atoms with Gasteiger partial charge in [-0.15, -0.1) is 0 Å². The Balaban J connectivity index is 1.63. The predicted molar refractivity (Wildman–Crippen MR) is 173 cm³/mol. The third-order valence-corrected chi connectivity index (χ3v) is 9.27. The van der Waals surface area contributed by atoms with Gasteiger partial charge in [0.2, 0.25) is 23.5 Å². The zero-order valence-electron chi connectivity index (χ0n) is 27.9. The maximum atomic E-state index is 14.4. The Hall–Kier alpha value is -3.31. The largest absolute Gasteiger partial charge is 0.387 e. The summed E-state index contributed by atoms with van der Waals surface area (Å²) in [6.07, 6.45) is 2.71. The van der Waals surface area contributed by atoms with Crippen molar-refractivity contribution in [3.8, 4) is 0 Å². The second-order valence-electron chi connectivity index (χ2n) is 14.6. The summed E-state index contributed by atoms with van der Waals surface area (Å²) in [5, 5.41) is 10.6. The number of rotatable bonds is 13. The lowest BCUT2D eigenvalue weighted by molar-refractivity contribution is -0.145. The number of nitrogens with one attached hydrogen (secondary N) is 2. The molecule has 3 amide bonds. The Morgan fingerprint density at radius 2 is 1.83 bits per heavy atom. The average molecular weight is 659 g/mol. The molecule has 3 aliphatic rings. The normalized spacial score (nSPS) is 22.6. The summed E-state index contributed by atoms with van der Waals surface area (Å²) >= 11 is 6.22. The van der Waals surface area contributed by atoms with Crippen molar-refractivity contribution in [2.75, 3.05) is 13.7 Å². The molecule has 2 aliphatic heterocycles. The minimum atomic E-state index is -1.04. The fourth-order valence-electron chi connectivity index (χ4n) is 5.99. The first-order chi connectivity index (χ1) is 21.5. The molecular weight excluding hydrogens is 612 g/mol. The van der Waals surface area contributed by atoms with Gasteiger partial charge in [0.1, 0.15) is 12.1 Å². The van der Waals surface area contributed by atoms with Crippen molar-refractivity contribution < 1.29 is 33.5 Å². The van der Waals surface area contributed by atoms with Crippen LogP contribution in [0.1, 0.15) is 92.1 Å². The number of hydrogen-bond acceptors (Lipinski definition) is 8. The summed E-state index contributed by atoms with van der Waals surface area (Å²) in [6.45, 7) is 10.7. The van der Waals surface area contributed by atoms with Gasteiger partial charge in [-0.2, -0.15) is 0 Å². The van der Waals surface area contributed by atoms with Crippen molar-refractivity contribution in [3.05, 3.63) is 34.9 Å². The average Bonchev–Trinajstić information content (AvgIpc) is 3.59. The third-order valence-electron chi connectivity index (χ3n) is 9.03. The van der Waals surface area contributed by atoms with Crippen LogP contribution >= 0.6 is 11.6 Å². The van der Waals surface area contributed by atoms with Gasteiger partial charge in [-0.3, -0.25) is 24.0 Å². The second-order valence-corrected chi connectivity index (χ2v) is 15.0. The first kappa shape index (κ1) is 35.5. The van der Waals surface area contributed by atoms with Gasteiger partial charge in [-0.05, 0) is 43.7 Å². The number of ketones is 2. The molecule has 46 heavy (non-hydrogen) atoms. The molecule has 1 spiro atoms. The molecule has 0 bridgehead atoms. The SMILES string of the molecule is CCC(=O)C(=O)[C@H](CC1CC1)NC(=O)[C@@H]1C[C@]2(CC(c3cccc(Cl)c3)=NO2)CN1C(=O)[C@@H](NC(=O)CC(C)(C)OC)C(C)(C)C. The molecule has 1 saturated heterocycles. The lowest BCUT2D eigenvalue weighted by Gasteiger charge is -2.36. The highest BCUT2D eigenvalue weighted by molar-refractivity contribution is 6.39. The van der Waals surface area contributed by atoms with Crippen molar-refractivity contribution in [2.24, 2.45) is 16.5 Å². The summed E-state index contributed by atoms with van der Waals surface area (Å²) in [5.41, 5.74) is -1.09. The molecule has 2 fully saturated rings. The van der Waals surface area contributed by atoms with E-state index in [0.29, 0.717) is 23.6 Å². The minimum absolute atomic E-state index is 0.0214. The van der Waals surface area contributed by atoms with E-state index < -0.39 is 58.1 Å². The van der Waals surface area contributed by atoms with Gasteiger partial charge in [0.15, 0.2) is 11.4 Å². The van der Waals surface area contributed by atoms with E-state index in [9.17, 15) is 24.0 Å². The molecule has 1 aromatic carbocycles. The van der Waals surface area contributed by atoms with Crippen LogP contribution in [0.5, 0.6) is 0 Å². The fourth-order valence-corrected chi connectivity index (χ4v) is 6.18. The highest BCUT2D eigenvalue weighted by atomic mass is 35.5. The van der Waals surface area contributed by atoms with Crippen LogP contribution in [0.3, 0.4) is 0 Å². The van der Waals surface area contributed by atoms with Gasteiger partial charge >= 0.3 is 0 Å². The Kier molecular flexibility index (Phi) is 10.7. The van der Waals surface area contributed by atoms with Gasteiger partial charge in [0, 0.05) is 37.0 Å². The zero-order valence-corrected chi connectivity index (χ0v) is 28.7. The van der Waals surface area contributed by atoms with Gasteiger partial charge in [0.25, 0.3) is 0 Å². The molecule has 12 heteroatoms. The predicted octanol–water partition coefficient (Wildman–Crippen LogP) is 3.98. The van der Waals surface area contributed by atoms with Crippen molar-refractivity contribution >= 4 is 46.6 Å². The number of carbonyl (C=O) groups is 5. The van der Waals surface area contributed by atoms with Crippen LogP contribution in [-0.2, 0) is 33.5 Å². The second kappa shape index (κ2) is 13.8. The van der Waals surface area contributed by atoms with E-state index in [1.165, 1.54) is 12.0 Å². The third kappa shape index (κ3) is 8.53. The van der Waals surface area contributed by atoms with Crippen LogP contribution in [-0.4, -0.2) is 82.9 Å². The number of Topliss-reactive ketones (excluding diaryl/α,β-unsaturated/α-hetero) is 2. The number of amides is 3. The zero-order chi connectivity index (χ0) is 34.0. The van der Waals surface area contributed by atoms with Gasteiger partial charge in [-0.25, -0.2) is 0 Å². The quantitative estimate of drug-likeness (QED) is 0.305. The Labute approximate surface area is 276 Å². The van der Waals surface area contributed by atoms with Crippen LogP contribution in [0.15, 0.2) is 29.4 Å².